The van der Waals surface area contributed by atoms with Gasteiger partial charge in [0.25, 0.3) is 5.91 Å². The number of rotatable bonds is 7. The number of aromatic nitrogens is 1. The number of hydrogen-bond acceptors (Lipinski definition) is 4. The molecule has 0 aliphatic carbocycles. The maximum Gasteiger partial charge on any atom is 0.271 e. The number of nitrogens with zero attached hydrogens (tertiary/aromatic N) is 1. The molecule has 2 heterocycles. The van der Waals surface area contributed by atoms with Gasteiger partial charge in [-0.2, -0.15) is 0 Å². The van der Waals surface area contributed by atoms with Crippen molar-refractivity contribution in [2.45, 2.75) is 20.3 Å². The Labute approximate surface area is 179 Å². The van der Waals surface area contributed by atoms with Crippen molar-refractivity contribution in [2.75, 3.05) is 6.54 Å². The minimum Gasteiger partial charge on any atom is -0.465 e. The third kappa shape index (κ3) is 5.72. The van der Waals surface area contributed by atoms with Crippen LogP contribution in [-0.4, -0.2) is 28.8 Å². The zero-order chi connectivity index (χ0) is 22.2. The highest BCUT2D eigenvalue weighted by Crippen LogP contribution is 2.20. The van der Waals surface area contributed by atoms with Crippen LogP contribution < -0.4 is 16.2 Å². The standard InChI is InChI=1S/C23H24N4O4/c1-16-15-20(17(2)27(16)18-7-4-3-5-8-18)23(30)26-25-22(29)12-13-24-21(28)11-10-19-9-6-14-31-19/h3-11,14-15H,12-13H2,1-2H3,(H,24,28)(H,25,29)(H,26,30)/b11-10+. The van der Waals surface area contributed by atoms with Gasteiger partial charge in [-0.25, -0.2) is 0 Å². The van der Waals surface area contributed by atoms with E-state index in [0.29, 0.717) is 11.3 Å². The number of hydrazine groups is 1. The third-order valence-corrected chi connectivity index (χ3v) is 4.60. The Balaban J connectivity index is 1.46. The largest absolute Gasteiger partial charge is 0.465 e. The van der Waals surface area contributed by atoms with E-state index >= 15 is 0 Å². The highest BCUT2D eigenvalue weighted by atomic mass is 16.3. The lowest BCUT2D eigenvalue weighted by atomic mass is 10.2. The van der Waals surface area contributed by atoms with E-state index in [1.807, 2.05) is 48.7 Å². The van der Waals surface area contributed by atoms with Crippen LogP contribution in [0.25, 0.3) is 11.8 Å². The topological polar surface area (TPSA) is 105 Å². The molecule has 0 atom stereocenters. The average Bonchev–Trinajstić information content (AvgIpc) is 3.38. The summed E-state index contributed by atoms with van der Waals surface area (Å²) in [5, 5.41) is 2.59. The first-order valence-electron chi connectivity index (χ1n) is 9.78. The van der Waals surface area contributed by atoms with Crippen molar-refractivity contribution in [3.8, 4) is 5.69 Å². The zero-order valence-corrected chi connectivity index (χ0v) is 17.3. The molecule has 0 unspecified atom stereocenters. The van der Waals surface area contributed by atoms with Crippen molar-refractivity contribution >= 4 is 23.8 Å². The second-order valence-corrected chi connectivity index (χ2v) is 6.85. The predicted octanol–water partition coefficient (Wildman–Crippen LogP) is 2.67. The van der Waals surface area contributed by atoms with Crippen molar-refractivity contribution in [2.24, 2.45) is 0 Å². The van der Waals surface area contributed by atoms with E-state index in [0.717, 1.165) is 17.1 Å². The monoisotopic (exact) mass is 420 g/mol. The second-order valence-electron chi connectivity index (χ2n) is 6.85. The van der Waals surface area contributed by atoms with E-state index in [1.54, 1.807) is 18.2 Å². The SMILES string of the molecule is Cc1cc(C(=O)NNC(=O)CCNC(=O)/C=C/c2ccco2)c(C)n1-c1ccccc1. The lowest BCUT2D eigenvalue weighted by molar-refractivity contribution is -0.122. The van der Waals surface area contributed by atoms with Crippen LogP contribution in [0.2, 0.25) is 0 Å². The molecule has 3 N–H and O–H groups in total. The minimum absolute atomic E-state index is 0.0175. The number of nitrogens with one attached hydrogen (secondary N) is 3. The molecule has 8 heteroatoms. The third-order valence-electron chi connectivity index (χ3n) is 4.60. The Bertz CT molecular complexity index is 1080. The number of para-hydroxylation sites is 1. The molecule has 3 amide bonds. The summed E-state index contributed by atoms with van der Waals surface area (Å²) >= 11 is 0. The molecule has 0 spiro atoms. The molecule has 1 aromatic carbocycles. The Morgan fingerprint density at radius 3 is 2.52 bits per heavy atom. The van der Waals surface area contributed by atoms with Gasteiger partial charge in [-0.3, -0.25) is 25.2 Å². The van der Waals surface area contributed by atoms with Crippen LogP contribution in [0.4, 0.5) is 0 Å². The van der Waals surface area contributed by atoms with E-state index in [4.69, 9.17) is 4.42 Å². The van der Waals surface area contributed by atoms with E-state index in [9.17, 15) is 14.4 Å². The molecular formula is C23H24N4O4. The molecule has 160 valence electrons. The molecule has 3 aromatic rings. The van der Waals surface area contributed by atoms with E-state index in [1.165, 1.54) is 18.4 Å². The number of furan rings is 1. The van der Waals surface area contributed by atoms with Crippen molar-refractivity contribution in [3.63, 3.8) is 0 Å². The van der Waals surface area contributed by atoms with Gasteiger partial charge in [0.05, 0.1) is 11.8 Å². The number of amides is 3. The molecular weight excluding hydrogens is 396 g/mol. The zero-order valence-electron chi connectivity index (χ0n) is 17.3. The summed E-state index contributed by atoms with van der Waals surface area (Å²) in [4.78, 5) is 36.2. The fourth-order valence-corrected chi connectivity index (χ4v) is 3.13. The molecule has 2 aromatic heterocycles. The van der Waals surface area contributed by atoms with Crippen molar-refractivity contribution in [1.82, 2.24) is 20.7 Å². The summed E-state index contributed by atoms with van der Waals surface area (Å²) in [5.74, 6) is -0.613. The Morgan fingerprint density at radius 2 is 1.81 bits per heavy atom. The number of carbonyl (C=O) groups excluding carboxylic acids is 3. The van der Waals surface area contributed by atoms with Crippen molar-refractivity contribution < 1.29 is 18.8 Å². The van der Waals surface area contributed by atoms with Crippen molar-refractivity contribution in [1.29, 1.82) is 0 Å². The predicted molar refractivity (Wildman–Crippen MR) is 116 cm³/mol. The molecule has 31 heavy (non-hydrogen) atoms. The maximum atomic E-state index is 12.5. The minimum atomic E-state index is -0.416. The van der Waals surface area contributed by atoms with Gasteiger partial charge in [0.2, 0.25) is 11.8 Å². The first-order valence-corrected chi connectivity index (χ1v) is 9.78. The van der Waals surface area contributed by atoms with Gasteiger partial charge in [-0.1, -0.05) is 18.2 Å². The van der Waals surface area contributed by atoms with Crippen molar-refractivity contribution in [3.05, 3.63) is 83.6 Å². The van der Waals surface area contributed by atoms with Gasteiger partial charge in [-0.05, 0) is 50.3 Å². The Morgan fingerprint density at radius 1 is 1.03 bits per heavy atom. The summed E-state index contributed by atoms with van der Waals surface area (Å²) in [6, 6.07) is 14.9. The number of benzene rings is 1. The number of carbonyl (C=O) groups is 3. The van der Waals surface area contributed by atoms with Gasteiger partial charge in [0.1, 0.15) is 5.76 Å². The number of aryl methyl sites for hydroxylation is 1. The average molecular weight is 420 g/mol. The van der Waals surface area contributed by atoms with Gasteiger partial charge in [-0.15, -0.1) is 0 Å². The molecule has 0 fully saturated rings. The summed E-state index contributed by atoms with van der Waals surface area (Å²) < 4.78 is 7.06. The van der Waals surface area contributed by atoms with Gasteiger partial charge >= 0.3 is 0 Å². The number of hydrogen-bond donors (Lipinski definition) is 3. The van der Waals surface area contributed by atoms with Crippen LogP contribution in [-0.2, 0) is 9.59 Å². The highest BCUT2D eigenvalue weighted by molar-refractivity contribution is 5.97. The maximum absolute atomic E-state index is 12.5. The lowest BCUT2D eigenvalue weighted by Gasteiger charge is -2.10. The molecule has 8 nitrogen and oxygen atoms in total. The van der Waals surface area contributed by atoms with Crippen LogP contribution in [0.5, 0.6) is 0 Å². The second kappa shape index (κ2) is 10.1. The molecule has 3 rings (SSSR count). The summed E-state index contributed by atoms with van der Waals surface area (Å²) in [6.07, 6.45) is 4.38. The van der Waals surface area contributed by atoms with Gasteiger partial charge < -0.3 is 14.3 Å². The van der Waals surface area contributed by atoms with Crippen LogP contribution in [0.1, 0.15) is 33.9 Å². The van der Waals surface area contributed by atoms with Gasteiger partial charge in [0.15, 0.2) is 0 Å². The highest BCUT2D eigenvalue weighted by Gasteiger charge is 2.17. The summed E-state index contributed by atoms with van der Waals surface area (Å²) in [7, 11) is 0. The van der Waals surface area contributed by atoms with Crippen LogP contribution in [0.3, 0.4) is 0 Å². The summed E-state index contributed by atoms with van der Waals surface area (Å²) in [6.45, 7) is 3.90. The first-order chi connectivity index (χ1) is 15.0. The van der Waals surface area contributed by atoms with Crippen LogP contribution in [0, 0.1) is 13.8 Å². The van der Waals surface area contributed by atoms with E-state index in [-0.39, 0.29) is 18.9 Å². The fourth-order valence-electron chi connectivity index (χ4n) is 3.13. The normalized spacial score (nSPS) is 10.8. The summed E-state index contributed by atoms with van der Waals surface area (Å²) in [5.41, 5.74) is 7.90. The smallest absolute Gasteiger partial charge is 0.271 e. The van der Waals surface area contributed by atoms with Crippen LogP contribution in [0.15, 0.2) is 65.3 Å². The quantitative estimate of drug-likeness (QED) is 0.404. The molecule has 0 saturated carbocycles. The van der Waals surface area contributed by atoms with Gasteiger partial charge in [0, 0.05) is 36.1 Å². The van der Waals surface area contributed by atoms with E-state index < -0.39 is 11.8 Å². The van der Waals surface area contributed by atoms with E-state index in [2.05, 4.69) is 16.2 Å². The Hall–Kier alpha value is -4.07. The fraction of sp³-hybridized carbons (Fsp3) is 0.174. The first kappa shape index (κ1) is 21.6. The molecule has 0 aliphatic rings. The van der Waals surface area contributed by atoms with Crippen LogP contribution >= 0.6 is 0 Å². The molecule has 0 aliphatic heterocycles. The molecule has 0 radical (unpaired) electrons. The molecule has 0 saturated heterocycles. The lowest BCUT2D eigenvalue weighted by Crippen LogP contribution is -2.42. The Kier molecular flexibility index (Phi) is 7.05. The molecule has 0 bridgehead atoms.